The van der Waals surface area contributed by atoms with E-state index in [2.05, 4.69) is 42.9 Å². The van der Waals surface area contributed by atoms with E-state index in [1.54, 1.807) is 24.3 Å². The van der Waals surface area contributed by atoms with Gasteiger partial charge >= 0.3 is 0 Å². The van der Waals surface area contributed by atoms with E-state index in [9.17, 15) is 10.1 Å². The molecule has 2 aromatic rings. The van der Waals surface area contributed by atoms with E-state index in [0.717, 1.165) is 14.5 Å². The molecule has 0 N–H and O–H groups in total. The van der Waals surface area contributed by atoms with Crippen molar-refractivity contribution < 1.29 is 14.5 Å². The number of ether oxygens (including phenoxy) is 1. The van der Waals surface area contributed by atoms with Crippen LogP contribution in [0.2, 0.25) is 0 Å². The number of nitro benzene ring substituents is 1. The van der Waals surface area contributed by atoms with Crippen LogP contribution in [0.25, 0.3) is 0 Å². The normalized spacial score (nSPS) is 10.4. The molecule has 0 saturated carbocycles. The maximum Gasteiger partial charge on any atom is 0.269 e. The molecule has 0 spiro atoms. The minimum absolute atomic E-state index is 0.0144. The SMILES string of the molecule is C#CCOc1c(Br)cc(/C=N\OCc2cccc([N+](=O)[O-])c2)cc1Br. The summed E-state index contributed by atoms with van der Waals surface area (Å²) in [5.74, 6) is 3.01. The van der Waals surface area contributed by atoms with Gasteiger partial charge in [-0.1, -0.05) is 23.2 Å². The van der Waals surface area contributed by atoms with Crippen LogP contribution < -0.4 is 4.74 Å². The average molecular weight is 468 g/mol. The summed E-state index contributed by atoms with van der Waals surface area (Å²) < 4.78 is 6.86. The van der Waals surface area contributed by atoms with E-state index in [1.165, 1.54) is 18.3 Å². The van der Waals surface area contributed by atoms with E-state index >= 15 is 0 Å². The van der Waals surface area contributed by atoms with Crippen molar-refractivity contribution in [3.63, 3.8) is 0 Å². The van der Waals surface area contributed by atoms with Gasteiger partial charge in [-0.15, -0.1) is 6.42 Å². The lowest BCUT2D eigenvalue weighted by Gasteiger charge is -2.08. The standard InChI is InChI=1S/C17H12Br2N2O4/c1-2-6-24-17-15(18)8-13(9-16(17)19)10-20-25-11-12-4-3-5-14(7-12)21(22)23/h1,3-5,7-10H,6,11H2/b20-10-. The second-order valence-corrected chi connectivity index (χ2v) is 6.45. The number of nitro groups is 1. The topological polar surface area (TPSA) is 74.0 Å². The van der Waals surface area contributed by atoms with Gasteiger partial charge in [-0.2, -0.15) is 0 Å². The number of oxime groups is 1. The summed E-state index contributed by atoms with van der Waals surface area (Å²) in [4.78, 5) is 15.5. The molecule has 25 heavy (non-hydrogen) atoms. The first-order valence-electron chi connectivity index (χ1n) is 6.95. The molecule has 0 unspecified atom stereocenters. The molecule has 0 radical (unpaired) electrons. The van der Waals surface area contributed by atoms with Gasteiger partial charge in [0.2, 0.25) is 0 Å². The Morgan fingerprint density at radius 1 is 1.28 bits per heavy atom. The van der Waals surface area contributed by atoms with E-state index in [0.29, 0.717) is 11.3 Å². The van der Waals surface area contributed by atoms with Gasteiger partial charge in [0.1, 0.15) is 19.0 Å². The fourth-order valence-corrected chi connectivity index (χ4v) is 3.33. The highest BCUT2D eigenvalue weighted by molar-refractivity contribution is 9.11. The number of rotatable bonds is 7. The van der Waals surface area contributed by atoms with Crippen LogP contribution in [0, 0.1) is 22.5 Å². The molecule has 0 saturated heterocycles. The molecule has 6 nitrogen and oxygen atoms in total. The number of hydrogen-bond donors (Lipinski definition) is 0. The van der Waals surface area contributed by atoms with Crippen LogP contribution in [0.3, 0.4) is 0 Å². The third-order valence-corrected chi connectivity index (χ3v) is 4.13. The molecular formula is C17H12Br2N2O4. The van der Waals surface area contributed by atoms with Crippen molar-refractivity contribution >= 4 is 43.8 Å². The highest BCUT2D eigenvalue weighted by Crippen LogP contribution is 2.34. The molecule has 0 heterocycles. The first-order valence-corrected chi connectivity index (χ1v) is 8.54. The average Bonchev–Trinajstić information content (AvgIpc) is 2.58. The zero-order chi connectivity index (χ0) is 18.2. The Morgan fingerprint density at radius 2 is 2.00 bits per heavy atom. The molecule has 0 aliphatic heterocycles. The second-order valence-electron chi connectivity index (χ2n) is 4.74. The molecule has 2 rings (SSSR count). The van der Waals surface area contributed by atoms with Gasteiger partial charge in [-0.3, -0.25) is 10.1 Å². The van der Waals surface area contributed by atoms with E-state index in [-0.39, 0.29) is 18.9 Å². The van der Waals surface area contributed by atoms with Gasteiger partial charge < -0.3 is 9.57 Å². The lowest BCUT2D eigenvalue weighted by atomic mass is 10.2. The zero-order valence-corrected chi connectivity index (χ0v) is 16.0. The lowest BCUT2D eigenvalue weighted by molar-refractivity contribution is -0.384. The Bertz CT molecular complexity index is 824. The van der Waals surface area contributed by atoms with Crippen LogP contribution in [0.4, 0.5) is 5.69 Å². The predicted molar refractivity (Wildman–Crippen MR) is 102 cm³/mol. The molecule has 8 heteroatoms. The van der Waals surface area contributed by atoms with Gasteiger partial charge in [0.05, 0.1) is 20.1 Å². The fourth-order valence-electron chi connectivity index (χ4n) is 1.88. The molecule has 128 valence electrons. The van der Waals surface area contributed by atoms with Crippen molar-refractivity contribution in [2.45, 2.75) is 6.61 Å². The molecule has 0 aliphatic carbocycles. The summed E-state index contributed by atoms with van der Waals surface area (Å²) in [6.07, 6.45) is 6.71. The number of non-ortho nitro benzene ring substituents is 1. The molecule has 0 amide bonds. The van der Waals surface area contributed by atoms with Gasteiger partial charge in [-0.05, 0) is 55.1 Å². The summed E-state index contributed by atoms with van der Waals surface area (Å²) >= 11 is 6.81. The Hall–Kier alpha value is -2.37. The molecule has 0 atom stereocenters. The molecule has 2 aromatic carbocycles. The minimum Gasteiger partial charge on any atom is -0.479 e. The number of terminal acetylenes is 1. The Labute approximate surface area is 161 Å². The third-order valence-electron chi connectivity index (χ3n) is 2.95. The quantitative estimate of drug-likeness (QED) is 0.256. The van der Waals surface area contributed by atoms with Gasteiger partial charge in [0.25, 0.3) is 5.69 Å². The van der Waals surface area contributed by atoms with Gasteiger partial charge in [-0.25, -0.2) is 0 Å². The van der Waals surface area contributed by atoms with Gasteiger partial charge in [0, 0.05) is 12.1 Å². The van der Waals surface area contributed by atoms with Crippen molar-refractivity contribution in [1.82, 2.24) is 0 Å². The minimum atomic E-state index is -0.453. The van der Waals surface area contributed by atoms with E-state index in [1.807, 2.05) is 0 Å². The number of nitrogens with zero attached hydrogens (tertiary/aromatic N) is 2. The zero-order valence-electron chi connectivity index (χ0n) is 12.8. The lowest BCUT2D eigenvalue weighted by Crippen LogP contribution is -1.96. The third kappa shape index (κ3) is 5.59. The van der Waals surface area contributed by atoms with Crippen LogP contribution in [0.1, 0.15) is 11.1 Å². The summed E-state index contributed by atoms with van der Waals surface area (Å²) in [5, 5.41) is 14.6. The van der Waals surface area contributed by atoms with Crippen LogP contribution in [-0.2, 0) is 11.4 Å². The van der Waals surface area contributed by atoms with Crippen molar-refractivity contribution in [1.29, 1.82) is 0 Å². The first kappa shape index (κ1) is 19.0. The van der Waals surface area contributed by atoms with Crippen molar-refractivity contribution in [3.8, 4) is 18.1 Å². The highest BCUT2D eigenvalue weighted by atomic mass is 79.9. The fraction of sp³-hybridized carbons (Fsp3) is 0.118. The smallest absolute Gasteiger partial charge is 0.269 e. The van der Waals surface area contributed by atoms with E-state index < -0.39 is 4.92 Å². The summed E-state index contributed by atoms with van der Waals surface area (Å²) in [6, 6.07) is 9.80. The summed E-state index contributed by atoms with van der Waals surface area (Å²) in [5.41, 5.74) is 1.44. The van der Waals surface area contributed by atoms with Crippen molar-refractivity contribution in [2.24, 2.45) is 5.16 Å². The maximum atomic E-state index is 10.7. The number of halogens is 2. The Balaban J connectivity index is 1.99. The Morgan fingerprint density at radius 3 is 2.64 bits per heavy atom. The van der Waals surface area contributed by atoms with E-state index in [4.69, 9.17) is 16.0 Å². The number of hydrogen-bond acceptors (Lipinski definition) is 5. The summed E-state index contributed by atoms with van der Waals surface area (Å²) in [7, 11) is 0. The van der Waals surface area contributed by atoms with Crippen LogP contribution in [-0.4, -0.2) is 17.7 Å². The largest absolute Gasteiger partial charge is 0.479 e. The molecular weight excluding hydrogens is 456 g/mol. The Kier molecular flexibility index (Phi) is 6.98. The highest BCUT2D eigenvalue weighted by Gasteiger charge is 2.08. The molecule has 0 aliphatic rings. The van der Waals surface area contributed by atoms with Crippen LogP contribution in [0.15, 0.2) is 50.5 Å². The first-order chi connectivity index (χ1) is 12.0. The molecule has 0 aromatic heterocycles. The van der Waals surface area contributed by atoms with Crippen LogP contribution >= 0.6 is 31.9 Å². The van der Waals surface area contributed by atoms with Gasteiger partial charge in [0.15, 0.2) is 0 Å². The molecule has 0 fully saturated rings. The number of benzene rings is 2. The maximum absolute atomic E-state index is 10.7. The van der Waals surface area contributed by atoms with Crippen molar-refractivity contribution in [3.05, 3.63) is 66.6 Å². The predicted octanol–water partition coefficient (Wildman–Crippen LogP) is 4.68. The van der Waals surface area contributed by atoms with Crippen molar-refractivity contribution in [2.75, 3.05) is 6.61 Å². The summed E-state index contributed by atoms with van der Waals surface area (Å²) in [6.45, 7) is 0.293. The second kappa shape index (κ2) is 9.20. The molecule has 0 bridgehead atoms. The monoisotopic (exact) mass is 466 g/mol. The van der Waals surface area contributed by atoms with Crippen LogP contribution in [0.5, 0.6) is 5.75 Å².